The SMILES string of the molecule is CC(=O)OC[C@H]1O[C@@H](OC2C(=O)O[C@H]([C@@H](O)CO)C2=O)[C@H](OC(C)=O)[C@@H](OC(C)=O)[C@@H]1OC(C)=O. The summed E-state index contributed by atoms with van der Waals surface area (Å²) in [5, 5.41) is 18.8. The molecule has 2 N–H and O–H groups in total. The minimum Gasteiger partial charge on any atom is -0.463 e. The molecule has 1 unspecified atom stereocenters. The molecule has 0 spiro atoms. The molecule has 0 saturated carbocycles. The monoisotopic (exact) mass is 506 g/mol. The van der Waals surface area contributed by atoms with Gasteiger partial charge in [0.15, 0.2) is 24.4 Å². The van der Waals surface area contributed by atoms with Crippen molar-refractivity contribution in [1.82, 2.24) is 0 Å². The van der Waals surface area contributed by atoms with E-state index in [9.17, 15) is 33.9 Å². The van der Waals surface area contributed by atoms with Gasteiger partial charge in [-0.1, -0.05) is 0 Å². The van der Waals surface area contributed by atoms with Gasteiger partial charge in [-0.15, -0.1) is 0 Å². The van der Waals surface area contributed by atoms with Crippen molar-refractivity contribution in [3.05, 3.63) is 0 Å². The van der Waals surface area contributed by atoms with Crippen LogP contribution in [0.1, 0.15) is 27.7 Å². The second-order valence-electron chi connectivity index (χ2n) is 7.59. The van der Waals surface area contributed by atoms with Crippen LogP contribution < -0.4 is 0 Å². The van der Waals surface area contributed by atoms with E-state index in [1.165, 1.54) is 0 Å². The van der Waals surface area contributed by atoms with Gasteiger partial charge in [0.1, 0.15) is 18.8 Å². The molecule has 0 aromatic rings. The third kappa shape index (κ3) is 7.17. The first kappa shape index (κ1) is 28.1. The predicted molar refractivity (Wildman–Crippen MR) is 105 cm³/mol. The van der Waals surface area contributed by atoms with Crippen LogP contribution in [0.4, 0.5) is 0 Å². The van der Waals surface area contributed by atoms with Gasteiger partial charge in [0.05, 0.1) is 6.61 Å². The topological polar surface area (TPSA) is 207 Å². The van der Waals surface area contributed by atoms with E-state index in [4.69, 9.17) is 38.3 Å². The van der Waals surface area contributed by atoms with Crippen molar-refractivity contribution >= 4 is 35.6 Å². The number of aliphatic hydroxyl groups excluding tert-OH is 2. The van der Waals surface area contributed by atoms with Gasteiger partial charge < -0.3 is 43.4 Å². The third-order valence-corrected chi connectivity index (χ3v) is 4.75. The summed E-state index contributed by atoms with van der Waals surface area (Å²) in [6, 6.07) is 0. The lowest BCUT2D eigenvalue weighted by Gasteiger charge is -2.44. The van der Waals surface area contributed by atoms with Crippen molar-refractivity contribution in [1.29, 1.82) is 0 Å². The molecule has 2 heterocycles. The van der Waals surface area contributed by atoms with Crippen LogP contribution >= 0.6 is 0 Å². The standard InChI is InChI=1S/C20H26O15/c1-7(22)29-6-12-15(30-8(2)23)17(31-9(3)24)18(32-10(4)25)20(33-12)35-16-13(27)14(11(26)5-21)34-19(16)28/h11-12,14-18,20-21,26H,5-6H2,1-4H3/t11-,12+,14+,15+,16?,17-,18+,20-/m0/s1. The number of carbonyl (C=O) groups is 6. The zero-order chi connectivity index (χ0) is 26.4. The molecule has 15 heteroatoms. The Morgan fingerprint density at radius 3 is 1.94 bits per heavy atom. The molecule has 2 rings (SSSR count). The second-order valence-corrected chi connectivity index (χ2v) is 7.59. The minimum atomic E-state index is -1.98. The van der Waals surface area contributed by atoms with Gasteiger partial charge >= 0.3 is 29.8 Å². The molecule has 0 amide bonds. The highest BCUT2D eigenvalue weighted by Crippen LogP contribution is 2.32. The molecule has 8 atom stereocenters. The maximum absolute atomic E-state index is 12.6. The highest BCUT2D eigenvalue weighted by atomic mass is 16.7. The quantitative estimate of drug-likeness (QED) is 0.185. The van der Waals surface area contributed by atoms with E-state index in [0.717, 1.165) is 27.7 Å². The number of ketones is 1. The maximum Gasteiger partial charge on any atom is 0.344 e. The maximum atomic E-state index is 12.6. The number of hydrogen-bond donors (Lipinski definition) is 2. The van der Waals surface area contributed by atoms with Crippen molar-refractivity contribution < 1.29 is 72.1 Å². The number of cyclic esters (lactones) is 1. The van der Waals surface area contributed by atoms with Gasteiger partial charge in [-0.3, -0.25) is 24.0 Å². The molecule has 2 aliphatic heterocycles. The van der Waals surface area contributed by atoms with Crippen LogP contribution in [0.5, 0.6) is 0 Å². The fourth-order valence-electron chi connectivity index (χ4n) is 3.43. The van der Waals surface area contributed by atoms with Crippen LogP contribution in [-0.2, 0) is 61.9 Å². The highest BCUT2D eigenvalue weighted by molar-refractivity contribution is 6.09. The molecule has 2 fully saturated rings. The summed E-state index contributed by atoms with van der Waals surface area (Å²) in [6.07, 6.45) is -13.3. The first-order valence-corrected chi connectivity index (χ1v) is 10.3. The summed E-state index contributed by atoms with van der Waals surface area (Å²) in [6.45, 7) is 2.69. The van der Waals surface area contributed by atoms with Gasteiger partial charge in [-0.2, -0.15) is 0 Å². The zero-order valence-electron chi connectivity index (χ0n) is 19.2. The Hall–Kier alpha value is -3.14. The molecule has 0 aromatic carbocycles. The Bertz CT molecular complexity index is 853. The third-order valence-electron chi connectivity index (χ3n) is 4.75. The van der Waals surface area contributed by atoms with Crippen LogP contribution in [0.3, 0.4) is 0 Å². The van der Waals surface area contributed by atoms with E-state index in [-0.39, 0.29) is 0 Å². The van der Waals surface area contributed by atoms with E-state index in [2.05, 4.69) is 0 Å². The molecule has 0 aromatic heterocycles. The molecule has 35 heavy (non-hydrogen) atoms. The van der Waals surface area contributed by atoms with E-state index in [1.54, 1.807) is 0 Å². The van der Waals surface area contributed by atoms with Crippen molar-refractivity contribution in [2.45, 2.75) is 76.7 Å². The number of ether oxygens (including phenoxy) is 7. The van der Waals surface area contributed by atoms with Crippen LogP contribution in [0.25, 0.3) is 0 Å². The first-order chi connectivity index (χ1) is 16.3. The van der Waals surface area contributed by atoms with Crippen molar-refractivity contribution in [2.75, 3.05) is 13.2 Å². The van der Waals surface area contributed by atoms with E-state index < -0.39 is 97.9 Å². The number of aliphatic hydroxyl groups is 2. The number of esters is 5. The second kappa shape index (κ2) is 12.0. The van der Waals surface area contributed by atoms with Crippen molar-refractivity contribution in [3.8, 4) is 0 Å². The average Bonchev–Trinajstić information content (AvgIpc) is 3.03. The van der Waals surface area contributed by atoms with Gasteiger partial charge in [0, 0.05) is 27.7 Å². The van der Waals surface area contributed by atoms with Gasteiger partial charge in [0.25, 0.3) is 0 Å². The molecule has 0 aliphatic carbocycles. The predicted octanol–water partition coefficient (Wildman–Crippen LogP) is -2.70. The fraction of sp³-hybridized carbons (Fsp3) is 0.700. The molecular formula is C20H26O15. The van der Waals surface area contributed by atoms with Gasteiger partial charge in [-0.05, 0) is 0 Å². The number of Topliss-reactive ketones (excluding diaryl/α,β-unsaturated/α-hetero) is 1. The summed E-state index contributed by atoms with van der Waals surface area (Å²) in [5.41, 5.74) is 0. The zero-order valence-corrected chi connectivity index (χ0v) is 19.2. The number of hydrogen-bond acceptors (Lipinski definition) is 15. The minimum absolute atomic E-state index is 0.549. The largest absolute Gasteiger partial charge is 0.463 e. The molecule has 196 valence electrons. The van der Waals surface area contributed by atoms with Crippen LogP contribution in [-0.4, -0.2) is 108 Å². The Balaban J connectivity index is 2.44. The molecule has 15 nitrogen and oxygen atoms in total. The molecule has 0 radical (unpaired) electrons. The number of rotatable bonds is 9. The summed E-state index contributed by atoms with van der Waals surface area (Å²) >= 11 is 0. The van der Waals surface area contributed by atoms with E-state index in [1.807, 2.05) is 0 Å². The Morgan fingerprint density at radius 1 is 0.886 bits per heavy atom. The molecule has 2 saturated heterocycles. The Kier molecular flexibility index (Phi) is 9.64. The summed E-state index contributed by atoms with van der Waals surface area (Å²) in [5.74, 6) is -5.70. The van der Waals surface area contributed by atoms with Crippen LogP contribution in [0.15, 0.2) is 0 Å². The van der Waals surface area contributed by atoms with Crippen molar-refractivity contribution in [3.63, 3.8) is 0 Å². The number of carbonyl (C=O) groups excluding carboxylic acids is 6. The summed E-state index contributed by atoms with van der Waals surface area (Å²) in [4.78, 5) is 71.4. The van der Waals surface area contributed by atoms with Crippen molar-refractivity contribution in [2.24, 2.45) is 0 Å². The highest BCUT2D eigenvalue weighted by Gasteiger charge is 2.56. The normalized spacial score (nSPS) is 31.2. The summed E-state index contributed by atoms with van der Waals surface area (Å²) in [7, 11) is 0. The van der Waals surface area contributed by atoms with Crippen LogP contribution in [0.2, 0.25) is 0 Å². The Morgan fingerprint density at radius 2 is 1.43 bits per heavy atom. The van der Waals surface area contributed by atoms with E-state index in [0.29, 0.717) is 0 Å². The average molecular weight is 506 g/mol. The molecular weight excluding hydrogens is 480 g/mol. The van der Waals surface area contributed by atoms with Gasteiger partial charge in [-0.25, -0.2) is 4.79 Å². The lowest BCUT2D eigenvalue weighted by molar-refractivity contribution is -0.312. The smallest absolute Gasteiger partial charge is 0.344 e. The van der Waals surface area contributed by atoms with E-state index >= 15 is 0 Å². The molecule has 0 bridgehead atoms. The fourth-order valence-corrected chi connectivity index (χ4v) is 3.43. The lowest BCUT2D eigenvalue weighted by atomic mass is 9.98. The van der Waals surface area contributed by atoms with Crippen LogP contribution in [0, 0.1) is 0 Å². The lowest BCUT2D eigenvalue weighted by Crippen LogP contribution is -2.63. The summed E-state index contributed by atoms with van der Waals surface area (Å²) < 4.78 is 36.3. The first-order valence-electron chi connectivity index (χ1n) is 10.3. The van der Waals surface area contributed by atoms with Gasteiger partial charge in [0.2, 0.25) is 18.2 Å². The molecule has 2 aliphatic rings. The Labute approximate surface area is 198 Å².